The smallest absolute Gasteiger partial charge is 0.124 e. The number of hydrogen-bond acceptors (Lipinski definition) is 1. The molecular weight excluding hydrogens is 225 g/mol. The van der Waals surface area contributed by atoms with Gasteiger partial charge in [-0.05, 0) is 55.7 Å². The van der Waals surface area contributed by atoms with E-state index in [0.717, 1.165) is 37.7 Å². The fraction of sp³-hybridized carbons (Fsp3) is 0.538. The van der Waals surface area contributed by atoms with Crippen molar-refractivity contribution in [1.29, 1.82) is 0 Å². The van der Waals surface area contributed by atoms with Gasteiger partial charge in [0.05, 0.1) is 0 Å². The van der Waals surface area contributed by atoms with Crippen molar-refractivity contribution < 1.29 is 4.39 Å². The second kappa shape index (κ2) is 5.15. The van der Waals surface area contributed by atoms with Gasteiger partial charge in [0, 0.05) is 11.1 Å². The molecule has 0 bridgehead atoms. The highest BCUT2D eigenvalue weighted by Crippen LogP contribution is 2.29. The molecule has 0 atom stereocenters. The van der Waals surface area contributed by atoms with Gasteiger partial charge < -0.3 is 5.73 Å². The number of halogens is 2. The van der Waals surface area contributed by atoms with E-state index in [4.69, 9.17) is 17.3 Å². The van der Waals surface area contributed by atoms with Crippen molar-refractivity contribution in [2.45, 2.75) is 38.1 Å². The Balaban J connectivity index is 1.98. The molecule has 0 aliphatic heterocycles. The second-order valence-corrected chi connectivity index (χ2v) is 5.13. The van der Waals surface area contributed by atoms with Crippen LogP contribution in [0, 0.1) is 11.7 Å². The Morgan fingerprint density at radius 1 is 1.25 bits per heavy atom. The van der Waals surface area contributed by atoms with E-state index in [2.05, 4.69) is 0 Å². The van der Waals surface area contributed by atoms with Gasteiger partial charge in [-0.15, -0.1) is 0 Å². The highest BCUT2D eigenvalue weighted by Gasteiger charge is 2.19. The van der Waals surface area contributed by atoms with Crippen molar-refractivity contribution in [1.82, 2.24) is 0 Å². The molecule has 1 saturated carbocycles. The van der Waals surface area contributed by atoms with E-state index in [1.54, 1.807) is 6.07 Å². The molecule has 0 spiro atoms. The Bertz CT molecular complexity index is 359. The van der Waals surface area contributed by atoms with Crippen molar-refractivity contribution in [3.05, 3.63) is 34.6 Å². The topological polar surface area (TPSA) is 26.0 Å². The van der Waals surface area contributed by atoms with E-state index in [0.29, 0.717) is 17.0 Å². The average molecular weight is 242 g/mol. The third kappa shape index (κ3) is 2.96. The summed E-state index contributed by atoms with van der Waals surface area (Å²) in [5, 5.41) is 0.551. The molecule has 0 amide bonds. The Labute approximate surface area is 101 Å². The maximum Gasteiger partial charge on any atom is 0.124 e. The molecule has 1 aromatic rings. The summed E-state index contributed by atoms with van der Waals surface area (Å²) >= 11 is 6.01. The van der Waals surface area contributed by atoms with Crippen molar-refractivity contribution in [3.63, 3.8) is 0 Å². The SMILES string of the molecule is NC1CCC(Cc2ccc(F)cc2Cl)CC1. The first kappa shape index (κ1) is 11.9. The summed E-state index contributed by atoms with van der Waals surface area (Å²) in [4.78, 5) is 0. The first-order chi connectivity index (χ1) is 7.65. The zero-order valence-electron chi connectivity index (χ0n) is 9.26. The molecule has 1 aliphatic carbocycles. The van der Waals surface area contributed by atoms with E-state index in [1.807, 2.05) is 0 Å². The van der Waals surface area contributed by atoms with Crippen molar-refractivity contribution in [2.75, 3.05) is 0 Å². The Morgan fingerprint density at radius 2 is 1.94 bits per heavy atom. The van der Waals surface area contributed by atoms with Gasteiger partial charge in [-0.1, -0.05) is 17.7 Å². The Hall–Kier alpha value is -0.600. The molecule has 16 heavy (non-hydrogen) atoms. The van der Waals surface area contributed by atoms with Gasteiger partial charge in [-0.25, -0.2) is 4.39 Å². The molecule has 0 saturated heterocycles. The fourth-order valence-corrected chi connectivity index (χ4v) is 2.63. The predicted octanol–water partition coefficient (Wildman–Crippen LogP) is 3.54. The quantitative estimate of drug-likeness (QED) is 0.842. The van der Waals surface area contributed by atoms with E-state index < -0.39 is 0 Å². The largest absolute Gasteiger partial charge is 0.328 e. The van der Waals surface area contributed by atoms with Crippen molar-refractivity contribution in [2.24, 2.45) is 11.7 Å². The van der Waals surface area contributed by atoms with Crippen LogP contribution in [0.1, 0.15) is 31.2 Å². The molecule has 3 heteroatoms. The molecule has 0 aromatic heterocycles. The van der Waals surface area contributed by atoms with E-state index in [9.17, 15) is 4.39 Å². The van der Waals surface area contributed by atoms with Crippen LogP contribution < -0.4 is 5.73 Å². The van der Waals surface area contributed by atoms with E-state index in [1.165, 1.54) is 12.1 Å². The van der Waals surface area contributed by atoms with Crippen LogP contribution in [0.4, 0.5) is 4.39 Å². The molecule has 2 rings (SSSR count). The minimum atomic E-state index is -0.264. The van der Waals surface area contributed by atoms with Gasteiger partial charge in [-0.3, -0.25) is 0 Å². The number of hydrogen-bond donors (Lipinski definition) is 1. The highest BCUT2D eigenvalue weighted by molar-refractivity contribution is 6.31. The van der Waals surface area contributed by atoms with Gasteiger partial charge in [0.15, 0.2) is 0 Å². The fourth-order valence-electron chi connectivity index (χ4n) is 2.39. The van der Waals surface area contributed by atoms with Gasteiger partial charge in [0.1, 0.15) is 5.82 Å². The second-order valence-electron chi connectivity index (χ2n) is 4.72. The number of rotatable bonds is 2. The van der Waals surface area contributed by atoms with Crippen LogP contribution in [0.5, 0.6) is 0 Å². The van der Waals surface area contributed by atoms with E-state index >= 15 is 0 Å². The zero-order valence-corrected chi connectivity index (χ0v) is 10.0. The van der Waals surface area contributed by atoms with Crippen LogP contribution in [0.15, 0.2) is 18.2 Å². The normalized spacial score (nSPS) is 25.7. The van der Waals surface area contributed by atoms with Crippen LogP contribution in [-0.2, 0) is 6.42 Å². The number of nitrogens with two attached hydrogens (primary N) is 1. The van der Waals surface area contributed by atoms with Gasteiger partial charge >= 0.3 is 0 Å². The van der Waals surface area contributed by atoms with Crippen molar-refractivity contribution in [3.8, 4) is 0 Å². The Kier molecular flexibility index (Phi) is 3.82. The summed E-state index contributed by atoms with van der Waals surface area (Å²) in [6.07, 6.45) is 5.47. The van der Waals surface area contributed by atoms with E-state index in [-0.39, 0.29) is 5.82 Å². The lowest BCUT2D eigenvalue weighted by molar-refractivity contribution is 0.325. The zero-order chi connectivity index (χ0) is 11.5. The lowest BCUT2D eigenvalue weighted by Gasteiger charge is -2.26. The van der Waals surface area contributed by atoms with Crippen LogP contribution in [-0.4, -0.2) is 6.04 Å². The molecule has 0 heterocycles. The average Bonchev–Trinajstić information content (AvgIpc) is 2.25. The molecule has 0 unspecified atom stereocenters. The van der Waals surface area contributed by atoms with Crippen LogP contribution in [0.3, 0.4) is 0 Å². The summed E-state index contributed by atoms with van der Waals surface area (Å²) in [6, 6.07) is 5.05. The molecular formula is C13H17ClFN. The minimum absolute atomic E-state index is 0.264. The minimum Gasteiger partial charge on any atom is -0.328 e. The van der Waals surface area contributed by atoms with Gasteiger partial charge in [0.25, 0.3) is 0 Å². The Morgan fingerprint density at radius 3 is 2.56 bits per heavy atom. The first-order valence-corrected chi connectivity index (χ1v) is 6.22. The molecule has 1 fully saturated rings. The molecule has 1 aliphatic rings. The third-order valence-electron chi connectivity index (χ3n) is 3.42. The summed E-state index contributed by atoms with van der Waals surface area (Å²) in [6.45, 7) is 0. The maximum atomic E-state index is 12.9. The lowest BCUT2D eigenvalue weighted by Crippen LogP contribution is -2.27. The number of benzene rings is 1. The van der Waals surface area contributed by atoms with Gasteiger partial charge in [0.2, 0.25) is 0 Å². The molecule has 0 radical (unpaired) electrons. The third-order valence-corrected chi connectivity index (χ3v) is 3.77. The first-order valence-electron chi connectivity index (χ1n) is 5.84. The lowest BCUT2D eigenvalue weighted by atomic mass is 9.83. The summed E-state index contributed by atoms with van der Waals surface area (Å²) in [7, 11) is 0. The summed E-state index contributed by atoms with van der Waals surface area (Å²) in [5.74, 6) is 0.391. The van der Waals surface area contributed by atoms with Crippen LogP contribution in [0.25, 0.3) is 0 Å². The summed E-state index contributed by atoms with van der Waals surface area (Å²) < 4.78 is 12.9. The molecule has 88 valence electrons. The molecule has 2 N–H and O–H groups in total. The predicted molar refractivity (Wildman–Crippen MR) is 65.0 cm³/mol. The maximum absolute atomic E-state index is 12.9. The van der Waals surface area contributed by atoms with Gasteiger partial charge in [-0.2, -0.15) is 0 Å². The standard InChI is InChI=1S/C13H17ClFN/c14-13-8-11(15)4-3-10(13)7-9-1-5-12(16)6-2-9/h3-4,8-9,12H,1-2,5-7,16H2. The van der Waals surface area contributed by atoms with Crippen LogP contribution >= 0.6 is 11.6 Å². The van der Waals surface area contributed by atoms with Crippen LogP contribution in [0.2, 0.25) is 5.02 Å². The summed E-state index contributed by atoms with van der Waals surface area (Å²) in [5.41, 5.74) is 6.92. The van der Waals surface area contributed by atoms with Crippen molar-refractivity contribution >= 4 is 11.6 Å². The monoisotopic (exact) mass is 241 g/mol. The molecule has 1 nitrogen and oxygen atoms in total. The molecule has 1 aromatic carbocycles. The highest BCUT2D eigenvalue weighted by atomic mass is 35.5.